The Hall–Kier alpha value is -3.49. The van der Waals surface area contributed by atoms with Gasteiger partial charge in [-0.15, -0.1) is 0 Å². The Morgan fingerprint density at radius 2 is 1.36 bits per heavy atom. The van der Waals surface area contributed by atoms with Crippen molar-refractivity contribution in [3.8, 4) is 5.75 Å². The number of hydrogen-bond acceptors (Lipinski definition) is 5. The number of ketones is 2. The van der Waals surface area contributed by atoms with E-state index in [2.05, 4.69) is 81.9 Å². The summed E-state index contributed by atoms with van der Waals surface area (Å²) in [5, 5.41) is 2.90. The van der Waals surface area contributed by atoms with Crippen LogP contribution in [-0.2, 0) is 20.9 Å². The fraction of sp³-hybridized carbons (Fsp3) is 0.359. The maximum Gasteiger partial charge on any atom is 0.262 e. The molecule has 0 bridgehead atoms. The number of anilines is 1. The first-order valence-electron chi connectivity index (χ1n) is 16.0. The molecule has 6 nitrogen and oxygen atoms in total. The summed E-state index contributed by atoms with van der Waals surface area (Å²) in [6, 6.07) is 21.7. The molecule has 0 atom stereocenters. The topological polar surface area (TPSA) is 75.7 Å². The van der Waals surface area contributed by atoms with Crippen molar-refractivity contribution in [3.05, 3.63) is 115 Å². The number of benzene rings is 3. The number of halogens is 2. The van der Waals surface area contributed by atoms with E-state index in [0.717, 1.165) is 57.8 Å². The molecule has 0 saturated heterocycles. The average molecular weight is 761 g/mol. The smallest absolute Gasteiger partial charge is 0.262 e. The highest BCUT2D eigenvalue weighted by molar-refractivity contribution is 9.11. The second-order valence-corrected chi connectivity index (χ2v) is 16.3. The summed E-state index contributed by atoms with van der Waals surface area (Å²) in [6.45, 7) is 11.0. The van der Waals surface area contributed by atoms with Crippen molar-refractivity contribution >= 4 is 55.0 Å². The van der Waals surface area contributed by atoms with Crippen LogP contribution < -0.4 is 10.1 Å². The van der Waals surface area contributed by atoms with E-state index >= 15 is 0 Å². The van der Waals surface area contributed by atoms with E-state index in [9.17, 15) is 14.4 Å². The van der Waals surface area contributed by atoms with Crippen molar-refractivity contribution in [3.63, 3.8) is 0 Å². The van der Waals surface area contributed by atoms with Gasteiger partial charge >= 0.3 is 0 Å². The molecule has 1 heterocycles. The lowest BCUT2D eigenvalue weighted by molar-refractivity contribution is -0.120. The minimum absolute atomic E-state index is 0.0870. The van der Waals surface area contributed by atoms with Crippen molar-refractivity contribution in [2.24, 2.45) is 10.8 Å². The number of carbonyl (C=O) groups excluding carboxylic acids is 3. The standard InChI is InChI=1S/C39H40Br2N2O4/c1-23-11-9-10-14-28(23)42-33(46)22-47-37-26(40)15-25(16-27(37)41)34-35-29(17-38(2,3)19-31(35)44)43(21-24-12-7-6-8-13-24)30-18-39(4,5)20-32(45)36(30)34/h6-16,34H,17-22H2,1-5H3,(H,42,46). The number of para-hydroxylation sites is 1. The molecule has 244 valence electrons. The number of ether oxygens (including phenoxy) is 1. The quantitative estimate of drug-likeness (QED) is 0.260. The molecule has 3 aromatic carbocycles. The van der Waals surface area contributed by atoms with E-state index in [1.165, 1.54) is 0 Å². The van der Waals surface area contributed by atoms with Gasteiger partial charge in [0.1, 0.15) is 5.75 Å². The van der Waals surface area contributed by atoms with Crippen molar-refractivity contribution < 1.29 is 19.1 Å². The number of aryl methyl sites for hydroxylation is 1. The van der Waals surface area contributed by atoms with E-state index in [1.54, 1.807) is 0 Å². The third kappa shape index (κ3) is 6.91. The van der Waals surface area contributed by atoms with Crippen molar-refractivity contribution in [1.82, 2.24) is 4.90 Å². The van der Waals surface area contributed by atoms with Crippen LogP contribution in [0, 0.1) is 17.8 Å². The molecule has 0 aromatic heterocycles. The van der Waals surface area contributed by atoms with Crippen LogP contribution in [0.4, 0.5) is 5.69 Å². The molecule has 0 radical (unpaired) electrons. The number of amides is 1. The zero-order valence-corrected chi connectivity index (χ0v) is 30.7. The second kappa shape index (κ2) is 12.8. The molecular formula is C39H40Br2N2O4. The predicted molar refractivity (Wildman–Crippen MR) is 192 cm³/mol. The molecule has 3 aliphatic rings. The Balaban J connectivity index is 1.41. The molecule has 47 heavy (non-hydrogen) atoms. The van der Waals surface area contributed by atoms with Gasteiger partial charge < -0.3 is 15.0 Å². The van der Waals surface area contributed by atoms with Crippen molar-refractivity contribution in [1.29, 1.82) is 0 Å². The summed E-state index contributed by atoms with van der Waals surface area (Å²) in [5.74, 6) is -0.118. The first-order chi connectivity index (χ1) is 22.2. The first kappa shape index (κ1) is 33.4. The number of nitrogens with zero attached hydrogens (tertiary/aromatic N) is 1. The van der Waals surface area contributed by atoms with Gasteiger partial charge in [-0.1, -0.05) is 76.2 Å². The number of hydrogen-bond donors (Lipinski definition) is 1. The SMILES string of the molecule is Cc1ccccc1NC(=O)COc1c(Br)cc(C2C3=C(CC(C)(C)CC3=O)N(Cc3ccccc3)C3=C2C(=O)CC(C)(C)C3)cc1Br. The summed E-state index contributed by atoms with van der Waals surface area (Å²) < 4.78 is 7.27. The highest BCUT2D eigenvalue weighted by Crippen LogP contribution is 2.55. The minimum Gasteiger partial charge on any atom is -0.481 e. The summed E-state index contributed by atoms with van der Waals surface area (Å²) in [5.41, 5.74) is 6.73. The van der Waals surface area contributed by atoms with E-state index in [4.69, 9.17) is 4.74 Å². The monoisotopic (exact) mass is 758 g/mol. The zero-order chi connectivity index (χ0) is 33.7. The van der Waals surface area contributed by atoms with Crippen molar-refractivity contribution in [2.75, 3.05) is 11.9 Å². The molecule has 0 spiro atoms. The number of allylic oxidation sites excluding steroid dienone is 4. The van der Waals surface area contributed by atoms with Crippen LogP contribution >= 0.6 is 31.9 Å². The van der Waals surface area contributed by atoms with Gasteiger partial charge in [-0.05, 0) is 97.3 Å². The maximum absolute atomic E-state index is 14.2. The fourth-order valence-electron chi connectivity index (χ4n) is 7.26. The molecule has 2 aliphatic carbocycles. The van der Waals surface area contributed by atoms with E-state index < -0.39 is 5.92 Å². The van der Waals surface area contributed by atoms with E-state index in [1.807, 2.05) is 61.5 Å². The lowest BCUT2D eigenvalue weighted by atomic mass is 9.63. The number of rotatable bonds is 7. The van der Waals surface area contributed by atoms with Crippen LogP contribution in [0.5, 0.6) is 5.75 Å². The highest BCUT2D eigenvalue weighted by Gasteiger charge is 2.49. The third-order valence-corrected chi connectivity index (χ3v) is 10.5. The zero-order valence-electron chi connectivity index (χ0n) is 27.5. The van der Waals surface area contributed by atoms with Crippen molar-refractivity contribution in [2.45, 2.75) is 72.8 Å². The van der Waals surface area contributed by atoms with E-state index in [0.29, 0.717) is 34.1 Å². The molecule has 1 aliphatic heterocycles. The molecular weight excluding hydrogens is 720 g/mol. The Kier molecular flexibility index (Phi) is 9.13. The lowest BCUT2D eigenvalue weighted by Crippen LogP contribution is -2.44. The molecule has 3 aromatic rings. The highest BCUT2D eigenvalue weighted by atomic mass is 79.9. The van der Waals surface area contributed by atoms with Gasteiger partial charge in [-0.3, -0.25) is 14.4 Å². The largest absolute Gasteiger partial charge is 0.481 e. The molecule has 6 rings (SSSR count). The lowest BCUT2D eigenvalue weighted by Gasteiger charge is -2.49. The van der Waals surface area contributed by atoms with Crippen LogP contribution in [0.2, 0.25) is 0 Å². The van der Waals surface area contributed by atoms with Gasteiger partial charge in [0.05, 0.1) is 8.95 Å². The summed E-state index contributed by atoms with van der Waals surface area (Å²) in [7, 11) is 0. The first-order valence-corrected chi connectivity index (χ1v) is 17.6. The number of carbonyl (C=O) groups is 3. The molecule has 1 N–H and O–H groups in total. The van der Waals surface area contributed by atoms with Gasteiger partial charge in [-0.25, -0.2) is 0 Å². The summed E-state index contributed by atoms with van der Waals surface area (Å²) in [4.78, 5) is 43.5. The Labute approximate surface area is 293 Å². The van der Waals surface area contributed by atoms with Crippen LogP contribution in [-0.4, -0.2) is 29.0 Å². The predicted octanol–water partition coefficient (Wildman–Crippen LogP) is 9.42. The van der Waals surface area contributed by atoms with E-state index in [-0.39, 0.29) is 34.9 Å². The fourth-order valence-corrected chi connectivity index (χ4v) is 8.71. The maximum atomic E-state index is 14.2. The Morgan fingerprint density at radius 1 is 0.830 bits per heavy atom. The minimum atomic E-state index is -0.495. The molecule has 8 heteroatoms. The van der Waals surface area contributed by atoms with Gasteiger partial charge in [-0.2, -0.15) is 0 Å². The summed E-state index contributed by atoms with van der Waals surface area (Å²) >= 11 is 7.39. The number of nitrogens with one attached hydrogen (secondary N) is 1. The van der Waals surface area contributed by atoms with Crippen LogP contribution in [0.3, 0.4) is 0 Å². The third-order valence-electron chi connectivity index (χ3n) is 9.33. The second-order valence-electron chi connectivity index (χ2n) is 14.6. The van der Waals surface area contributed by atoms with Gasteiger partial charge in [0.15, 0.2) is 18.2 Å². The number of Topliss-reactive ketones (excluding diaryl/α,β-unsaturated/α-hetero) is 2. The van der Waals surface area contributed by atoms with Crippen LogP contribution in [0.15, 0.2) is 98.2 Å². The molecule has 0 fully saturated rings. The Bertz CT molecular complexity index is 1760. The molecule has 1 amide bonds. The van der Waals surface area contributed by atoms with Gasteiger partial charge in [0.25, 0.3) is 5.91 Å². The normalized spacial score (nSPS) is 19.0. The molecule has 0 saturated carbocycles. The molecule has 0 unspecified atom stereocenters. The van der Waals surface area contributed by atoms with Crippen LogP contribution in [0.1, 0.15) is 76.0 Å². The average Bonchev–Trinajstić information content (AvgIpc) is 2.98. The Morgan fingerprint density at radius 3 is 1.91 bits per heavy atom. The van der Waals surface area contributed by atoms with Gasteiger partial charge in [0.2, 0.25) is 0 Å². The van der Waals surface area contributed by atoms with Gasteiger partial charge in [0, 0.05) is 53.5 Å². The van der Waals surface area contributed by atoms with Crippen LogP contribution in [0.25, 0.3) is 0 Å². The summed E-state index contributed by atoms with van der Waals surface area (Å²) in [6.07, 6.45) is 2.32.